The molecule has 1 rings (SSSR count). The second-order valence-electron chi connectivity index (χ2n) is 4.53. The maximum Gasteiger partial charge on any atom is 0.191 e. The number of rotatable bonds is 5. The first kappa shape index (κ1) is 14.1. The minimum atomic E-state index is -0.852. The van der Waals surface area contributed by atoms with Gasteiger partial charge in [-0.15, -0.1) is 0 Å². The van der Waals surface area contributed by atoms with E-state index in [0.29, 0.717) is 6.54 Å². The van der Waals surface area contributed by atoms with E-state index in [-0.39, 0.29) is 4.48 Å². The molecular weight excluding hydrogens is 218 g/mol. The molecular formula is C13H22NO3+. The van der Waals surface area contributed by atoms with Crippen molar-refractivity contribution in [2.24, 2.45) is 0 Å². The molecule has 0 saturated carbocycles. The van der Waals surface area contributed by atoms with Crippen LogP contribution in [0.1, 0.15) is 26.3 Å². The van der Waals surface area contributed by atoms with Gasteiger partial charge in [-0.25, -0.2) is 4.48 Å². The Hall–Kier alpha value is -0.940. The van der Waals surface area contributed by atoms with Gasteiger partial charge in [-0.3, -0.25) is 0 Å². The van der Waals surface area contributed by atoms with Crippen molar-refractivity contribution < 1.29 is 19.8 Å². The maximum atomic E-state index is 9.92. The van der Waals surface area contributed by atoms with Crippen molar-refractivity contribution in [2.75, 3.05) is 0 Å². The Morgan fingerprint density at radius 2 is 1.29 bits per heavy atom. The van der Waals surface area contributed by atoms with Gasteiger partial charge in [0.05, 0.1) is 0 Å². The normalized spacial score (nSPS) is 20.4. The van der Waals surface area contributed by atoms with Crippen LogP contribution in [0.25, 0.3) is 0 Å². The Morgan fingerprint density at radius 3 is 1.65 bits per heavy atom. The summed E-state index contributed by atoms with van der Waals surface area (Å²) in [6.45, 7) is 5.14. The molecule has 3 unspecified atom stereocenters. The molecule has 1 aromatic rings. The third kappa shape index (κ3) is 2.84. The van der Waals surface area contributed by atoms with Crippen LogP contribution in [0.15, 0.2) is 30.3 Å². The van der Waals surface area contributed by atoms with E-state index in [1.165, 1.54) is 0 Å². The third-order valence-electron chi connectivity index (χ3n) is 3.39. The lowest BCUT2D eigenvalue weighted by molar-refractivity contribution is -1.05. The molecule has 0 amide bonds. The number of hydrogen-bond donors (Lipinski definition) is 3. The lowest BCUT2D eigenvalue weighted by Crippen LogP contribution is -2.63. The molecule has 0 aromatic heterocycles. The van der Waals surface area contributed by atoms with E-state index in [1.807, 2.05) is 30.3 Å². The van der Waals surface area contributed by atoms with Crippen molar-refractivity contribution in [3.05, 3.63) is 35.9 Å². The second kappa shape index (κ2) is 5.60. The summed E-state index contributed by atoms with van der Waals surface area (Å²) in [4.78, 5) is 0. The molecule has 4 nitrogen and oxygen atoms in total. The van der Waals surface area contributed by atoms with Gasteiger partial charge in [0.15, 0.2) is 18.7 Å². The molecule has 0 fully saturated rings. The summed E-state index contributed by atoms with van der Waals surface area (Å²) in [5, 5.41) is 29.8. The van der Waals surface area contributed by atoms with Gasteiger partial charge < -0.3 is 15.3 Å². The van der Waals surface area contributed by atoms with Gasteiger partial charge >= 0.3 is 0 Å². The molecule has 0 radical (unpaired) electrons. The van der Waals surface area contributed by atoms with E-state index in [1.54, 1.807) is 20.8 Å². The molecule has 3 atom stereocenters. The van der Waals surface area contributed by atoms with Gasteiger partial charge in [-0.2, -0.15) is 0 Å². The van der Waals surface area contributed by atoms with Gasteiger partial charge in [0.25, 0.3) is 0 Å². The first-order valence-electron chi connectivity index (χ1n) is 5.86. The minimum absolute atomic E-state index is 0.177. The van der Waals surface area contributed by atoms with Crippen molar-refractivity contribution in [1.82, 2.24) is 0 Å². The quantitative estimate of drug-likeness (QED) is 0.532. The molecule has 0 spiro atoms. The van der Waals surface area contributed by atoms with Crippen molar-refractivity contribution in [3.63, 3.8) is 0 Å². The molecule has 0 aliphatic carbocycles. The molecule has 0 saturated heterocycles. The van der Waals surface area contributed by atoms with E-state index in [2.05, 4.69) is 0 Å². The average molecular weight is 240 g/mol. The lowest BCUT2D eigenvalue weighted by Gasteiger charge is -2.45. The highest BCUT2D eigenvalue weighted by atomic mass is 16.4. The Bertz CT molecular complexity index is 314. The maximum absolute atomic E-state index is 9.92. The molecule has 1 aromatic carbocycles. The zero-order valence-electron chi connectivity index (χ0n) is 10.6. The van der Waals surface area contributed by atoms with Gasteiger partial charge in [0.2, 0.25) is 0 Å². The number of aliphatic hydroxyl groups excluding tert-OH is 3. The summed E-state index contributed by atoms with van der Waals surface area (Å²) in [6.07, 6.45) is -2.55. The van der Waals surface area contributed by atoms with Crippen LogP contribution >= 0.6 is 0 Å². The van der Waals surface area contributed by atoms with E-state index in [0.717, 1.165) is 5.56 Å². The summed E-state index contributed by atoms with van der Waals surface area (Å²) in [5.41, 5.74) is 0.968. The fourth-order valence-corrected chi connectivity index (χ4v) is 2.23. The van der Waals surface area contributed by atoms with Crippen molar-refractivity contribution in [1.29, 1.82) is 0 Å². The summed E-state index contributed by atoms with van der Waals surface area (Å²) in [7, 11) is 0. The summed E-state index contributed by atoms with van der Waals surface area (Å²) >= 11 is 0. The Kier molecular flexibility index (Phi) is 4.65. The van der Waals surface area contributed by atoms with Crippen LogP contribution in [0.2, 0.25) is 0 Å². The van der Waals surface area contributed by atoms with Gasteiger partial charge in [0, 0.05) is 26.3 Å². The third-order valence-corrected chi connectivity index (χ3v) is 3.39. The summed E-state index contributed by atoms with van der Waals surface area (Å²) < 4.78 is -0.177. The number of benzene rings is 1. The number of aliphatic hydroxyl groups is 3. The largest absolute Gasteiger partial charge is 0.345 e. The number of nitrogens with zero attached hydrogens (tertiary/aromatic N) is 1. The van der Waals surface area contributed by atoms with E-state index in [9.17, 15) is 15.3 Å². The van der Waals surface area contributed by atoms with Gasteiger partial charge in [-0.05, 0) is 0 Å². The SMILES string of the molecule is CC(O)[N+](Cc1ccccc1)(C(C)O)C(C)O. The van der Waals surface area contributed by atoms with Gasteiger partial charge in [-0.1, -0.05) is 30.3 Å². The standard InChI is InChI=1S/C13H22NO3/c1-10(15)14(11(2)16,12(3)17)9-13-7-5-4-6-8-13/h4-8,10-12,15-17H,9H2,1-3H3/q+1. The van der Waals surface area contributed by atoms with Crippen molar-refractivity contribution in [3.8, 4) is 0 Å². The molecule has 0 aliphatic rings. The highest BCUT2D eigenvalue weighted by molar-refractivity contribution is 5.13. The van der Waals surface area contributed by atoms with Crippen LogP contribution in [-0.2, 0) is 6.54 Å². The van der Waals surface area contributed by atoms with Gasteiger partial charge in [0.1, 0.15) is 6.54 Å². The van der Waals surface area contributed by atoms with Crippen molar-refractivity contribution >= 4 is 0 Å². The Balaban J connectivity index is 3.07. The second-order valence-corrected chi connectivity index (χ2v) is 4.53. The van der Waals surface area contributed by atoms with E-state index < -0.39 is 18.7 Å². The molecule has 0 heterocycles. The van der Waals surface area contributed by atoms with Crippen LogP contribution in [0.5, 0.6) is 0 Å². The molecule has 4 heteroatoms. The Morgan fingerprint density at radius 1 is 0.882 bits per heavy atom. The zero-order valence-corrected chi connectivity index (χ0v) is 10.6. The van der Waals surface area contributed by atoms with Crippen molar-refractivity contribution in [2.45, 2.75) is 46.0 Å². The predicted octanol–water partition coefficient (Wildman–Crippen LogP) is 1.02. The van der Waals surface area contributed by atoms with E-state index in [4.69, 9.17) is 0 Å². The van der Waals surface area contributed by atoms with E-state index >= 15 is 0 Å². The van der Waals surface area contributed by atoms with Crippen LogP contribution in [0.3, 0.4) is 0 Å². The topological polar surface area (TPSA) is 60.7 Å². The number of hydrogen-bond acceptors (Lipinski definition) is 3. The van der Waals surface area contributed by atoms with Crippen LogP contribution in [-0.4, -0.2) is 38.5 Å². The van der Waals surface area contributed by atoms with Crippen LogP contribution in [0.4, 0.5) is 0 Å². The summed E-state index contributed by atoms with van der Waals surface area (Å²) in [6, 6.07) is 9.54. The average Bonchev–Trinajstić information content (AvgIpc) is 2.25. The number of quaternary nitrogens is 1. The predicted molar refractivity (Wildman–Crippen MR) is 65.4 cm³/mol. The highest BCUT2D eigenvalue weighted by Crippen LogP contribution is 2.25. The van der Waals surface area contributed by atoms with Crippen LogP contribution in [0, 0.1) is 0 Å². The molecule has 0 bridgehead atoms. The lowest BCUT2D eigenvalue weighted by atomic mass is 10.1. The Labute approximate surface area is 102 Å². The molecule has 3 N–H and O–H groups in total. The highest BCUT2D eigenvalue weighted by Gasteiger charge is 2.42. The molecule has 96 valence electrons. The molecule has 0 aliphatic heterocycles. The van der Waals surface area contributed by atoms with Crippen LogP contribution < -0.4 is 0 Å². The first-order valence-corrected chi connectivity index (χ1v) is 5.86. The fraction of sp³-hybridized carbons (Fsp3) is 0.538. The monoisotopic (exact) mass is 240 g/mol. The summed E-state index contributed by atoms with van der Waals surface area (Å²) in [5.74, 6) is 0. The fourth-order valence-electron chi connectivity index (χ4n) is 2.23. The molecule has 17 heavy (non-hydrogen) atoms. The minimum Gasteiger partial charge on any atom is -0.345 e. The smallest absolute Gasteiger partial charge is 0.191 e. The first-order chi connectivity index (χ1) is 7.91. The zero-order chi connectivity index (χ0) is 13.1.